The summed E-state index contributed by atoms with van der Waals surface area (Å²) in [5.74, 6) is 0.462. The lowest BCUT2D eigenvalue weighted by molar-refractivity contribution is 0.0831. The van der Waals surface area contributed by atoms with Gasteiger partial charge in [-0.25, -0.2) is 9.36 Å². The summed E-state index contributed by atoms with van der Waals surface area (Å²) in [6, 6.07) is 6.72. The van der Waals surface area contributed by atoms with E-state index in [1.807, 2.05) is 6.92 Å². The van der Waals surface area contributed by atoms with Crippen molar-refractivity contribution in [2.75, 3.05) is 20.7 Å². The van der Waals surface area contributed by atoms with Crippen molar-refractivity contribution in [2.24, 2.45) is 0 Å². The van der Waals surface area contributed by atoms with E-state index in [2.05, 4.69) is 4.98 Å². The van der Waals surface area contributed by atoms with E-state index in [4.69, 9.17) is 4.74 Å². The van der Waals surface area contributed by atoms with Crippen LogP contribution >= 0.6 is 11.3 Å². The maximum atomic E-state index is 13.0. The highest BCUT2D eigenvalue weighted by atomic mass is 32.1. The Labute approximate surface area is 153 Å². The third kappa shape index (κ3) is 2.92. The minimum atomic E-state index is -0.545. The molecule has 0 aliphatic heterocycles. The molecular formula is C18H19N3O4S. The minimum absolute atomic E-state index is 0.198. The summed E-state index contributed by atoms with van der Waals surface area (Å²) < 4.78 is 6.46. The fraction of sp³-hybridized carbons (Fsp3) is 0.278. The van der Waals surface area contributed by atoms with Gasteiger partial charge in [0.2, 0.25) is 0 Å². The van der Waals surface area contributed by atoms with Gasteiger partial charge in [-0.2, -0.15) is 0 Å². The average molecular weight is 373 g/mol. The zero-order valence-electron chi connectivity index (χ0n) is 15.0. The third-order valence-corrected chi connectivity index (χ3v) is 5.19. The molecule has 0 aliphatic carbocycles. The molecule has 2 aromatic heterocycles. The summed E-state index contributed by atoms with van der Waals surface area (Å²) in [6.45, 7) is 4.13. The van der Waals surface area contributed by atoms with Gasteiger partial charge in [-0.1, -0.05) is 0 Å². The van der Waals surface area contributed by atoms with E-state index in [0.717, 1.165) is 15.9 Å². The lowest BCUT2D eigenvalue weighted by atomic mass is 10.2. The molecule has 1 amide bonds. The van der Waals surface area contributed by atoms with Gasteiger partial charge in [-0.3, -0.25) is 14.6 Å². The molecule has 0 saturated heterocycles. The number of aromatic amines is 1. The van der Waals surface area contributed by atoms with Crippen LogP contribution in [0.25, 0.3) is 15.9 Å². The Morgan fingerprint density at radius 1 is 1.23 bits per heavy atom. The number of fused-ring (bicyclic) bond motifs is 1. The molecule has 8 heteroatoms. The molecule has 1 N–H and O–H groups in total. The molecule has 26 heavy (non-hydrogen) atoms. The zero-order chi connectivity index (χ0) is 19.0. The number of ether oxygens (including phenoxy) is 1. The van der Waals surface area contributed by atoms with Gasteiger partial charge >= 0.3 is 5.69 Å². The number of aryl methyl sites for hydroxylation is 1. The van der Waals surface area contributed by atoms with Crippen LogP contribution < -0.4 is 16.0 Å². The standard InChI is InChI=1S/C18H19N3O4S/c1-5-25-12-8-6-11(7-9-12)21-16(22)13-10(2)14(17(23)20(3)4)26-15(13)19-18(21)24/h6-9H,5H2,1-4H3,(H,19,24). The first-order valence-electron chi connectivity index (χ1n) is 8.08. The Kier molecular flexibility index (Phi) is 4.69. The van der Waals surface area contributed by atoms with Crippen LogP contribution in [0.1, 0.15) is 22.2 Å². The van der Waals surface area contributed by atoms with Crippen LogP contribution in [0.4, 0.5) is 0 Å². The fourth-order valence-electron chi connectivity index (χ4n) is 2.72. The number of H-pyrrole nitrogens is 1. The fourth-order valence-corrected chi connectivity index (χ4v) is 3.93. The highest BCUT2D eigenvalue weighted by molar-refractivity contribution is 7.20. The lowest BCUT2D eigenvalue weighted by Crippen LogP contribution is -2.33. The van der Waals surface area contributed by atoms with Crippen LogP contribution in [0.3, 0.4) is 0 Å². The number of nitrogens with zero attached hydrogens (tertiary/aromatic N) is 2. The molecule has 2 heterocycles. The summed E-state index contributed by atoms with van der Waals surface area (Å²) in [5, 5.41) is 0.355. The summed E-state index contributed by atoms with van der Waals surface area (Å²) in [7, 11) is 3.29. The molecule has 0 radical (unpaired) electrons. The second-order valence-corrected chi connectivity index (χ2v) is 6.98. The first kappa shape index (κ1) is 17.9. The summed E-state index contributed by atoms with van der Waals surface area (Å²) >= 11 is 1.12. The first-order chi connectivity index (χ1) is 12.3. The second-order valence-electron chi connectivity index (χ2n) is 5.96. The number of rotatable bonds is 4. The number of aromatic nitrogens is 2. The van der Waals surface area contributed by atoms with Gasteiger partial charge in [0.25, 0.3) is 11.5 Å². The predicted molar refractivity (Wildman–Crippen MR) is 102 cm³/mol. The highest BCUT2D eigenvalue weighted by Crippen LogP contribution is 2.27. The van der Waals surface area contributed by atoms with E-state index < -0.39 is 11.2 Å². The Hall–Kier alpha value is -2.87. The van der Waals surface area contributed by atoms with Gasteiger partial charge in [-0.05, 0) is 43.7 Å². The molecule has 7 nitrogen and oxygen atoms in total. The summed E-state index contributed by atoms with van der Waals surface area (Å²) in [4.78, 5) is 42.8. The smallest absolute Gasteiger partial charge is 0.334 e. The molecule has 0 spiro atoms. The quantitative estimate of drug-likeness (QED) is 0.759. The van der Waals surface area contributed by atoms with Crippen molar-refractivity contribution in [3.8, 4) is 11.4 Å². The van der Waals surface area contributed by atoms with Crippen molar-refractivity contribution in [2.45, 2.75) is 13.8 Å². The van der Waals surface area contributed by atoms with Gasteiger partial charge in [0, 0.05) is 14.1 Å². The van der Waals surface area contributed by atoms with Gasteiger partial charge < -0.3 is 9.64 Å². The Balaban J connectivity index is 2.22. The molecule has 3 rings (SSSR count). The first-order valence-corrected chi connectivity index (χ1v) is 8.90. The van der Waals surface area contributed by atoms with Gasteiger partial charge in [0.05, 0.1) is 22.6 Å². The van der Waals surface area contributed by atoms with Crippen LogP contribution in [0.2, 0.25) is 0 Å². The molecule has 3 aromatic rings. The van der Waals surface area contributed by atoms with E-state index in [1.54, 1.807) is 45.3 Å². The van der Waals surface area contributed by atoms with Crippen LogP contribution in [-0.2, 0) is 0 Å². The molecule has 136 valence electrons. The van der Waals surface area contributed by atoms with E-state index in [9.17, 15) is 14.4 Å². The molecule has 1 aromatic carbocycles. The normalized spacial score (nSPS) is 10.9. The number of thiophene rings is 1. The average Bonchev–Trinajstić information content (AvgIpc) is 2.92. The summed E-state index contributed by atoms with van der Waals surface area (Å²) in [5.41, 5.74) is 0.0218. The second kappa shape index (κ2) is 6.80. The van der Waals surface area contributed by atoms with Crippen LogP contribution in [-0.4, -0.2) is 41.1 Å². The number of hydrogen-bond donors (Lipinski definition) is 1. The number of amides is 1. The van der Waals surface area contributed by atoms with Gasteiger partial charge in [0.1, 0.15) is 10.6 Å². The Bertz CT molecular complexity index is 1090. The third-order valence-electron chi connectivity index (χ3n) is 3.99. The van der Waals surface area contributed by atoms with Crippen LogP contribution in [0.5, 0.6) is 5.75 Å². The van der Waals surface area contributed by atoms with E-state index in [1.165, 1.54) is 4.90 Å². The van der Waals surface area contributed by atoms with E-state index in [0.29, 0.717) is 38.7 Å². The highest BCUT2D eigenvalue weighted by Gasteiger charge is 2.21. The van der Waals surface area contributed by atoms with Crippen molar-refractivity contribution in [1.82, 2.24) is 14.5 Å². The van der Waals surface area contributed by atoms with E-state index >= 15 is 0 Å². The lowest BCUT2D eigenvalue weighted by Gasteiger charge is -2.08. The summed E-state index contributed by atoms with van der Waals surface area (Å²) in [6.07, 6.45) is 0. The number of nitrogens with one attached hydrogen (secondary N) is 1. The van der Waals surface area contributed by atoms with Crippen LogP contribution in [0.15, 0.2) is 33.9 Å². The SMILES string of the molecule is CCOc1ccc(-n2c(=O)[nH]c3sc(C(=O)N(C)C)c(C)c3c2=O)cc1. The molecule has 0 aliphatic rings. The number of carbonyl (C=O) groups is 1. The zero-order valence-corrected chi connectivity index (χ0v) is 15.8. The molecule has 0 bridgehead atoms. The number of carbonyl (C=O) groups excluding carboxylic acids is 1. The molecular weight excluding hydrogens is 354 g/mol. The maximum absolute atomic E-state index is 13.0. The number of hydrogen-bond acceptors (Lipinski definition) is 5. The maximum Gasteiger partial charge on any atom is 0.334 e. The molecule has 0 atom stereocenters. The Morgan fingerprint density at radius 2 is 1.88 bits per heavy atom. The van der Waals surface area contributed by atoms with Crippen molar-refractivity contribution < 1.29 is 9.53 Å². The largest absolute Gasteiger partial charge is 0.494 e. The van der Waals surface area contributed by atoms with Crippen molar-refractivity contribution in [3.05, 3.63) is 55.5 Å². The molecule has 0 saturated carbocycles. The topological polar surface area (TPSA) is 84.4 Å². The minimum Gasteiger partial charge on any atom is -0.494 e. The Morgan fingerprint density at radius 3 is 2.46 bits per heavy atom. The van der Waals surface area contributed by atoms with Gasteiger partial charge in [-0.15, -0.1) is 11.3 Å². The monoisotopic (exact) mass is 373 g/mol. The van der Waals surface area contributed by atoms with Crippen molar-refractivity contribution in [3.63, 3.8) is 0 Å². The molecule has 0 unspecified atom stereocenters. The van der Waals surface area contributed by atoms with Gasteiger partial charge in [0.15, 0.2) is 0 Å². The van der Waals surface area contributed by atoms with Crippen LogP contribution in [0, 0.1) is 6.92 Å². The van der Waals surface area contributed by atoms with Crippen molar-refractivity contribution in [1.29, 1.82) is 0 Å². The number of benzene rings is 1. The predicted octanol–water partition coefficient (Wildman–Crippen LogP) is 2.15. The molecule has 0 fully saturated rings. The van der Waals surface area contributed by atoms with Crippen molar-refractivity contribution >= 4 is 27.5 Å². The van der Waals surface area contributed by atoms with E-state index in [-0.39, 0.29) is 5.91 Å².